The highest BCUT2D eigenvalue weighted by Gasteiger charge is 2.30. The highest BCUT2D eigenvalue weighted by atomic mass is 32.2. The molecule has 0 spiro atoms. The normalized spacial score (nSPS) is 12.0. The second-order valence-corrected chi connectivity index (χ2v) is 9.93. The molecular formula is C23H30N4O6S. The van der Waals surface area contributed by atoms with Gasteiger partial charge in [0.25, 0.3) is 5.69 Å². The van der Waals surface area contributed by atoms with Crippen LogP contribution in [0.4, 0.5) is 11.4 Å². The van der Waals surface area contributed by atoms with Crippen LogP contribution in [0.25, 0.3) is 0 Å². The van der Waals surface area contributed by atoms with Gasteiger partial charge in [-0.25, -0.2) is 8.42 Å². The number of hydrogen-bond donors (Lipinski definition) is 1. The molecule has 2 amide bonds. The summed E-state index contributed by atoms with van der Waals surface area (Å²) in [5, 5.41) is 13.9. The number of nitro groups is 1. The molecule has 2 aromatic rings. The first-order chi connectivity index (χ1) is 15.9. The first-order valence-electron chi connectivity index (χ1n) is 10.8. The Labute approximate surface area is 199 Å². The zero-order chi connectivity index (χ0) is 25.5. The summed E-state index contributed by atoms with van der Waals surface area (Å²) in [5.41, 5.74) is 1.44. The third-order valence-electron chi connectivity index (χ3n) is 5.16. The molecular weight excluding hydrogens is 460 g/mol. The number of sulfonamides is 1. The Morgan fingerprint density at radius 3 is 2.41 bits per heavy atom. The summed E-state index contributed by atoms with van der Waals surface area (Å²) in [7, 11) is -3.97. The molecule has 0 fully saturated rings. The Bertz CT molecular complexity index is 1150. The van der Waals surface area contributed by atoms with Crippen molar-refractivity contribution in [2.24, 2.45) is 0 Å². The molecule has 0 aliphatic rings. The number of anilines is 1. The van der Waals surface area contributed by atoms with Crippen molar-refractivity contribution in [1.82, 2.24) is 10.2 Å². The quantitative estimate of drug-likeness (QED) is 0.381. The Hall–Kier alpha value is -3.47. The lowest BCUT2D eigenvalue weighted by atomic mass is 10.1. The highest BCUT2D eigenvalue weighted by molar-refractivity contribution is 7.92. The summed E-state index contributed by atoms with van der Waals surface area (Å²) < 4.78 is 25.9. The molecule has 0 aliphatic carbocycles. The fourth-order valence-electron chi connectivity index (χ4n) is 3.36. The van der Waals surface area contributed by atoms with Crippen LogP contribution in [0.1, 0.15) is 31.4 Å². The van der Waals surface area contributed by atoms with Crippen LogP contribution in [-0.4, -0.2) is 55.4 Å². The van der Waals surface area contributed by atoms with Crippen LogP contribution >= 0.6 is 0 Å². The van der Waals surface area contributed by atoms with Crippen molar-refractivity contribution in [1.29, 1.82) is 0 Å². The standard InChI is InChI=1S/C23H30N4O6S/c1-5-12-24-23(29)18(3)25(15-19-9-6-8-17(2)13-19)22(28)16-26(34(4,32)33)20-10-7-11-21(14-20)27(30)31/h6-11,13-14,18H,5,12,15-16H2,1-4H3,(H,24,29)/t18-/m0/s1. The van der Waals surface area contributed by atoms with Crippen molar-refractivity contribution < 1.29 is 22.9 Å². The number of nitro benzene ring substituents is 1. The van der Waals surface area contributed by atoms with Gasteiger partial charge in [0, 0.05) is 25.2 Å². The van der Waals surface area contributed by atoms with Crippen LogP contribution in [0.3, 0.4) is 0 Å². The molecule has 0 saturated heterocycles. The van der Waals surface area contributed by atoms with E-state index in [9.17, 15) is 28.1 Å². The fraction of sp³-hybridized carbons (Fsp3) is 0.391. The molecule has 0 heterocycles. The number of rotatable bonds is 11. The van der Waals surface area contributed by atoms with Gasteiger partial charge in [-0.05, 0) is 31.9 Å². The Morgan fingerprint density at radius 1 is 1.15 bits per heavy atom. The van der Waals surface area contributed by atoms with E-state index in [0.717, 1.165) is 34.2 Å². The zero-order valence-electron chi connectivity index (χ0n) is 19.7. The summed E-state index contributed by atoms with van der Waals surface area (Å²) in [4.78, 5) is 37.9. The van der Waals surface area contributed by atoms with E-state index in [2.05, 4.69) is 5.32 Å². The van der Waals surface area contributed by atoms with Crippen LogP contribution in [0.2, 0.25) is 0 Å². The Balaban J connectivity index is 2.41. The van der Waals surface area contributed by atoms with Crippen LogP contribution in [-0.2, 0) is 26.2 Å². The van der Waals surface area contributed by atoms with Gasteiger partial charge in [-0.1, -0.05) is 42.8 Å². The molecule has 34 heavy (non-hydrogen) atoms. The molecule has 0 saturated carbocycles. The SMILES string of the molecule is CCCNC(=O)[C@H](C)N(Cc1cccc(C)c1)C(=O)CN(c1cccc([N+](=O)[O-])c1)S(C)(=O)=O. The Kier molecular flexibility index (Phi) is 9.13. The van der Waals surface area contributed by atoms with E-state index in [4.69, 9.17) is 0 Å². The number of benzene rings is 2. The third-order valence-corrected chi connectivity index (χ3v) is 6.30. The van der Waals surface area contributed by atoms with Crippen LogP contribution < -0.4 is 9.62 Å². The first-order valence-corrected chi connectivity index (χ1v) is 12.6. The van der Waals surface area contributed by atoms with Gasteiger partial charge in [-0.15, -0.1) is 0 Å². The summed E-state index contributed by atoms with van der Waals surface area (Å²) in [6, 6.07) is 11.6. The van der Waals surface area contributed by atoms with E-state index >= 15 is 0 Å². The van der Waals surface area contributed by atoms with Gasteiger partial charge >= 0.3 is 0 Å². The lowest BCUT2D eigenvalue weighted by Crippen LogP contribution is -2.51. The van der Waals surface area contributed by atoms with Gasteiger partial charge < -0.3 is 10.2 Å². The zero-order valence-corrected chi connectivity index (χ0v) is 20.5. The monoisotopic (exact) mass is 490 g/mol. The van der Waals surface area contributed by atoms with Crippen molar-refractivity contribution in [3.63, 3.8) is 0 Å². The molecule has 0 bridgehead atoms. The molecule has 0 aromatic heterocycles. The number of nitrogens with one attached hydrogen (secondary N) is 1. The third kappa shape index (κ3) is 7.27. The summed E-state index contributed by atoms with van der Waals surface area (Å²) in [5.74, 6) is -0.971. The maximum absolute atomic E-state index is 13.4. The maximum Gasteiger partial charge on any atom is 0.271 e. The molecule has 184 valence electrons. The van der Waals surface area contributed by atoms with Crippen molar-refractivity contribution in [3.05, 3.63) is 69.8 Å². The first kappa shape index (κ1) is 26.8. The number of aryl methyl sites for hydroxylation is 1. The second kappa shape index (κ2) is 11.6. The average Bonchev–Trinajstić information content (AvgIpc) is 2.78. The second-order valence-electron chi connectivity index (χ2n) is 8.02. The lowest BCUT2D eigenvalue weighted by molar-refractivity contribution is -0.384. The number of carbonyl (C=O) groups excluding carboxylic acids is 2. The van der Waals surface area contributed by atoms with Gasteiger partial charge in [0.15, 0.2) is 0 Å². The van der Waals surface area contributed by atoms with Crippen molar-refractivity contribution >= 4 is 33.2 Å². The van der Waals surface area contributed by atoms with Gasteiger partial charge in [-0.3, -0.25) is 24.0 Å². The Morgan fingerprint density at radius 2 is 1.82 bits per heavy atom. The van der Waals surface area contributed by atoms with E-state index in [-0.39, 0.29) is 23.8 Å². The van der Waals surface area contributed by atoms with Crippen LogP contribution in [0.5, 0.6) is 0 Å². The number of carbonyl (C=O) groups is 2. The molecule has 2 rings (SSSR count). The summed E-state index contributed by atoms with van der Waals surface area (Å²) >= 11 is 0. The van der Waals surface area contributed by atoms with Crippen LogP contribution in [0.15, 0.2) is 48.5 Å². The molecule has 11 heteroatoms. The number of nitrogens with zero attached hydrogens (tertiary/aromatic N) is 3. The van der Waals surface area contributed by atoms with Crippen molar-refractivity contribution in [3.8, 4) is 0 Å². The maximum atomic E-state index is 13.4. The predicted octanol–water partition coefficient (Wildman–Crippen LogP) is 2.61. The van der Waals surface area contributed by atoms with E-state index in [0.29, 0.717) is 6.54 Å². The molecule has 0 radical (unpaired) electrons. The topological polar surface area (TPSA) is 130 Å². The van der Waals surface area contributed by atoms with Gasteiger partial charge in [0.2, 0.25) is 21.8 Å². The molecule has 2 aromatic carbocycles. The average molecular weight is 491 g/mol. The van der Waals surface area contributed by atoms with Gasteiger partial charge in [-0.2, -0.15) is 0 Å². The minimum absolute atomic E-state index is 0.0105. The van der Waals surface area contributed by atoms with Crippen LogP contribution in [0, 0.1) is 17.0 Å². The molecule has 0 aliphatic heterocycles. The molecule has 10 nitrogen and oxygen atoms in total. The van der Waals surface area contributed by atoms with Crippen molar-refractivity contribution in [2.75, 3.05) is 23.7 Å². The van der Waals surface area contributed by atoms with Gasteiger partial charge in [0.05, 0.1) is 16.9 Å². The predicted molar refractivity (Wildman–Crippen MR) is 130 cm³/mol. The van der Waals surface area contributed by atoms with E-state index < -0.39 is 33.4 Å². The summed E-state index contributed by atoms with van der Waals surface area (Å²) in [6.45, 7) is 5.31. The number of non-ortho nitro benzene ring substituents is 1. The number of amides is 2. The minimum atomic E-state index is -3.97. The highest BCUT2D eigenvalue weighted by Crippen LogP contribution is 2.24. The molecule has 1 N–H and O–H groups in total. The fourth-order valence-corrected chi connectivity index (χ4v) is 4.20. The van der Waals surface area contributed by atoms with Crippen molar-refractivity contribution in [2.45, 2.75) is 39.8 Å². The van der Waals surface area contributed by atoms with Gasteiger partial charge in [0.1, 0.15) is 12.6 Å². The molecule has 0 unspecified atom stereocenters. The smallest absolute Gasteiger partial charge is 0.271 e. The van der Waals surface area contributed by atoms with E-state index in [1.165, 1.54) is 23.1 Å². The lowest BCUT2D eigenvalue weighted by Gasteiger charge is -2.31. The largest absolute Gasteiger partial charge is 0.354 e. The van der Waals surface area contributed by atoms with E-state index in [1.54, 1.807) is 6.92 Å². The summed E-state index contributed by atoms with van der Waals surface area (Å²) in [6.07, 6.45) is 1.64. The molecule has 1 atom stereocenters. The minimum Gasteiger partial charge on any atom is -0.354 e. The van der Waals surface area contributed by atoms with E-state index in [1.807, 2.05) is 38.1 Å². The number of hydrogen-bond acceptors (Lipinski definition) is 6.